The maximum absolute atomic E-state index is 12.5. The summed E-state index contributed by atoms with van der Waals surface area (Å²) in [6.45, 7) is 0.721. The number of rotatable bonds is 7. The fraction of sp³-hybridized carbons (Fsp3) is 0.0909. The monoisotopic (exact) mass is 519 g/mol. The van der Waals surface area contributed by atoms with E-state index in [0.717, 1.165) is 10.0 Å². The van der Waals surface area contributed by atoms with Gasteiger partial charge in [0.1, 0.15) is 18.1 Å². The molecule has 0 spiro atoms. The second-order valence-corrected chi connectivity index (χ2v) is 8.40. The summed E-state index contributed by atoms with van der Waals surface area (Å²) in [5, 5.41) is 7.98. The summed E-state index contributed by atoms with van der Waals surface area (Å²) >= 11 is 15.4. The van der Waals surface area contributed by atoms with E-state index in [4.69, 9.17) is 32.4 Å². The number of carbonyl (C=O) groups excluding carboxylic acids is 1. The Morgan fingerprint density at radius 2 is 1.94 bits per heavy atom. The minimum Gasteiger partial charge on any atom is -0.484 e. The van der Waals surface area contributed by atoms with Gasteiger partial charge >= 0.3 is 0 Å². The van der Waals surface area contributed by atoms with Crippen molar-refractivity contribution in [2.45, 2.75) is 13.2 Å². The van der Waals surface area contributed by atoms with E-state index in [9.17, 15) is 4.79 Å². The SMILES string of the molecule is O=C(Nc1cnn(Cc2ccc(Br)cc2)c1)c1ccc(COc2ccc(Cl)cc2Cl)o1. The molecule has 4 rings (SSSR count). The van der Waals surface area contributed by atoms with E-state index >= 15 is 0 Å². The van der Waals surface area contributed by atoms with Crippen LogP contribution in [0.4, 0.5) is 5.69 Å². The number of carbonyl (C=O) groups is 1. The zero-order valence-electron chi connectivity index (χ0n) is 16.0. The molecular weight excluding hydrogens is 505 g/mol. The Labute approximate surface area is 196 Å². The molecule has 9 heteroatoms. The van der Waals surface area contributed by atoms with Gasteiger partial charge in [-0.1, -0.05) is 51.3 Å². The number of nitrogens with zero attached hydrogens (tertiary/aromatic N) is 2. The zero-order valence-corrected chi connectivity index (χ0v) is 19.1. The Morgan fingerprint density at radius 1 is 1.13 bits per heavy atom. The molecule has 0 atom stereocenters. The highest BCUT2D eigenvalue weighted by atomic mass is 79.9. The standard InChI is InChI=1S/C22H16BrCl2N3O3/c23-15-3-1-14(2-4-15)11-28-12-17(10-26-28)27-22(29)21-8-6-18(31-21)13-30-20-7-5-16(24)9-19(20)25/h1-10,12H,11,13H2,(H,27,29). The lowest BCUT2D eigenvalue weighted by molar-refractivity contribution is 0.0992. The van der Waals surface area contributed by atoms with Crippen LogP contribution in [0.5, 0.6) is 5.75 Å². The maximum atomic E-state index is 12.5. The second-order valence-electron chi connectivity index (χ2n) is 6.64. The third-order valence-electron chi connectivity index (χ3n) is 4.30. The Morgan fingerprint density at radius 3 is 2.71 bits per heavy atom. The molecule has 2 aromatic heterocycles. The third kappa shape index (κ3) is 5.70. The van der Waals surface area contributed by atoms with Crippen LogP contribution in [0.3, 0.4) is 0 Å². The molecule has 1 amide bonds. The van der Waals surface area contributed by atoms with Gasteiger partial charge in [-0.05, 0) is 48.0 Å². The first-order chi connectivity index (χ1) is 15.0. The van der Waals surface area contributed by atoms with Crippen molar-refractivity contribution < 1.29 is 13.9 Å². The minimum absolute atomic E-state index is 0.125. The molecule has 0 aliphatic heterocycles. The number of furan rings is 1. The molecule has 0 saturated heterocycles. The number of benzene rings is 2. The van der Waals surface area contributed by atoms with Crippen molar-refractivity contribution in [2.24, 2.45) is 0 Å². The first kappa shape index (κ1) is 21.5. The zero-order chi connectivity index (χ0) is 21.8. The van der Waals surface area contributed by atoms with Gasteiger partial charge in [0.2, 0.25) is 0 Å². The number of anilines is 1. The molecule has 0 radical (unpaired) electrons. The van der Waals surface area contributed by atoms with Crippen LogP contribution in [0.15, 0.2) is 75.9 Å². The van der Waals surface area contributed by atoms with Crippen LogP contribution in [-0.4, -0.2) is 15.7 Å². The quantitative estimate of drug-likeness (QED) is 0.305. The van der Waals surface area contributed by atoms with Gasteiger partial charge in [-0.15, -0.1) is 0 Å². The fourth-order valence-electron chi connectivity index (χ4n) is 2.80. The summed E-state index contributed by atoms with van der Waals surface area (Å²) in [7, 11) is 0. The minimum atomic E-state index is -0.376. The number of amides is 1. The summed E-state index contributed by atoms with van der Waals surface area (Å²) < 4.78 is 14.0. The van der Waals surface area contributed by atoms with Gasteiger partial charge in [0.25, 0.3) is 5.91 Å². The molecule has 0 saturated carbocycles. The highest BCUT2D eigenvalue weighted by Gasteiger charge is 2.13. The van der Waals surface area contributed by atoms with Gasteiger partial charge in [0.05, 0.1) is 23.5 Å². The van der Waals surface area contributed by atoms with Crippen LogP contribution in [0, 0.1) is 0 Å². The molecule has 0 aliphatic rings. The Kier molecular flexibility index (Phi) is 6.65. The van der Waals surface area contributed by atoms with E-state index in [1.165, 1.54) is 0 Å². The number of aromatic nitrogens is 2. The van der Waals surface area contributed by atoms with Crippen molar-refractivity contribution >= 4 is 50.7 Å². The summed E-state index contributed by atoms with van der Waals surface area (Å²) in [5.41, 5.74) is 1.67. The molecule has 0 bridgehead atoms. The molecule has 0 unspecified atom stereocenters. The van der Waals surface area contributed by atoms with Gasteiger partial charge in [0, 0.05) is 15.7 Å². The van der Waals surface area contributed by atoms with Crippen LogP contribution in [0.2, 0.25) is 10.0 Å². The lowest BCUT2D eigenvalue weighted by Gasteiger charge is -2.06. The number of hydrogen-bond acceptors (Lipinski definition) is 4. The summed E-state index contributed by atoms with van der Waals surface area (Å²) in [6, 6.07) is 16.2. The molecule has 6 nitrogen and oxygen atoms in total. The van der Waals surface area contributed by atoms with Crippen molar-refractivity contribution in [3.8, 4) is 5.75 Å². The summed E-state index contributed by atoms with van der Waals surface area (Å²) in [6.07, 6.45) is 3.35. The number of nitrogens with one attached hydrogen (secondary N) is 1. The maximum Gasteiger partial charge on any atom is 0.291 e. The van der Waals surface area contributed by atoms with Gasteiger partial charge in [-0.2, -0.15) is 5.10 Å². The fourth-order valence-corrected chi connectivity index (χ4v) is 3.53. The van der Waals surface area contributed by atoms with Crippen LogP contribution in [0.25, 0.3) is 0 Å². The van der Waals surface area contributed by atoms with Gasteiger partial charge in [0.15, 0.2) is 5.76 Å². The summed E-state index contributed by atoms with van der Waals surface area (Å²) in [4.78, 5) is 12.5. The second kappa shape index (κ2) is 9.60. The van der Waals surface area contributed by atoms with E-state index in [-0.39, 0.29) is 18.3 Å². The van der Waals surface area contributed by atoms with Crippen molar-refractivity contribution in [3.05, 3.63) is 98.6 Å². The molecule has 2 heterocycles. The van der Waals surface area contributed by atoms with Gasteiger partial charge in [-0.3, -0.25) is 9.48 Å². The van der Waals surface area contributed by atoms with Crippen molar-refractivity contribution in [1.29, 1.82) is 0 Å². The van der Waals surface area contributed by atoms with E-state index in [0.29, 0.717) is 33.8 Å². The van der Waals surface area contributed by atoms with Crippen LogP contribution < -0.4 is 10.1 Å². The van der Waals surface area contributed by atoms with Gasteiger partial charge in [-0.25, -0.2) is 0 Å². The highest BCUT2D eigenvalue weighted by molar-refractivity contribution is 9.10. The molecule has 1 N–H and O–H groups in total. The van der Waals surface area contributed by atoms with Crippen molar-refractivity contribution in [1.82, 2.24) is 9.78 Å². The van der Waals surface area contributed by atoms with E-state index in [1.54, 1.807) is 47.4 Å². The van der Waals surface area contributed by atoms with Crippen molar-refractivity contribution in [2.75, 3.05) is 5.32 Å². The first-order valence-corrected chi connectivity index (χ1v) is 10.8. The Hall–Kier alpha value is -2.74. The average molecular weight is 521 g/mol. The third-order valence-corrected chi connectivity index (χ3v) is 5.36. The van der Waals surface area contributed by atoms with Crippen LogP contribution in [0.1, 0.15) is 21.9 Å². The molecule has 158 valence electrons. The largest absolute Gasteiger partial charge is 0.484 e. The van der Waals surface area contributed by atoms with E-state index in [1.807, 2.05) is 24.3 Å². The average Bonchev–Trinajstić information content (AvgIpc) is 3.39. The van der Waals surface area contributed by atoms with Crippen molar-refractivity contribution in [3.63, 3.8) is 0 Å². The van der Waals surface area contributed by atoms with E-state index < -0.39 is 0 Å². The van der Waals surface area contributed by atoms with Gasteiger partial charge < -0.3 is 14.5 Å². The molecule has 2 aromatic carbocycles. The lowest BCUT2D eigenvalue weighted by atomic mass is 10.2. The molecule has 0 fully saturated rings. The normalized spacial score (nSPS) is 10.8. The smallest absolute Gasteiger partial charge is 0.291 e. The number of hydrogen-bond donors (Lipinski definition) is 1. The molecule has 0 aliphatic carbocycles. The Balaban J connectivity index is 1.33. The predicted molar refractivity (Wildman–Crippen MR) is 123 cm³/mol. The lowest BCUT2D eigenvalue weighted by Crippen LogP contribution is -2.10. The number of halogens is 3. The first-order valence-electron chi connectivity index (χ1n) is 9.21. The highest BCUT2D eigenvalue weighted by Crippen LogP contribution is 2.28. The van der Waals surface area contributed by atoms with Crippen LogP contribution >= 0.6 is 39.1 Å². The molecular formula is C22H16BrCl2N3O3. The Bertz CT molecular complexity index is 1200. The molecule has 4 aromatic rings. The number of ether oxygens (including phenoxy) is 1. The summed E-state index contributed by atoms with van der Waals surface area (Å²) in [5.74, 6) is 0.759. The van der Waals surface area contributed by atoms with Crippen LogP contribution in [-0.2, 0) is 13.2 Å². The topological polar surface area (TPSA) is 69.3 Å². The molecule has 31 heavy (non-hydrogen) atoms. The predicted octanol–water partition coefficient (Wildman–Crippen LogP) is 6.43. The van der Waals surface area contributed by atoms with E-state index in [2.05, 4.69) is 26.3 Å².